The molecule has 0 aliphatic carbocycles. The van der Waals surface area contributed by atoms with E-state index in [0.29, 0.717) is 0 Å². The quantitative estimate of drug-likeness (QED) is 0.681. The predicted molar refractivity (Wildman–Crippen MR) is 69.9 cm³/mol. The fourth-order valence-electron chi connectivity index (χ4n) is 0.981. The molecule has 0 aliphatic heterocycles. The van der Waals surface area contributed by atoms with Crippen molar-refractivity contribution in [2.45, 2.75) is 23.1 Å². The highest BCUT2D eigenvalue weighted by atomic mass is 79.9. The highest BCUT2D eigenvalue weighted by Gasteiger charge is 2.23. The zero-order valence-electron chi connectivity index (χ0n) is 9.00. The molecule has 0 atom stereocenters. The molecule has 0 aliphatic rings. The molecule has 15 heavy (non-hydrogen) atoms. The van der Waals surface area contributed by atoms with Crippen LogP contribution in [0.15, 0.2) is 29.2 Å². The van der Waals surface area contributed by atoms with E-state index in [0.717, 1.165) is 10.6 Å². The summed E-state index contributed by atoms with van der Waals surface area (Å²) < 4.78 is -0.539. The van der Waals surface area contributed by atoms with Gasteiger partial charge in [-0.3, -0.25) is 4.79 Å². The number of hydrogen-bond donors (Lipinski definition) is 1. The lowest BCUT2D eigenvalue weighted by Crippen LogP contribution is -2.30. The summed E-state index contributed by atoms with van der Waals surface area (Å²) in [5, 5.41) is 2.86. The van der Waals surface area contributed by atoms with Crippen molar-refractivity contribution in [3.63, 3.8) is 0 Å². The van der Waals surface area contributed by atoms with E-state index in [1.807, 2.05) is 44.4 Å². The largest absolute Gasteiger partial charge is 0.325 e. The first-order chi connectivity index (χ1) is 6.93. The average Bonchev–Trinajstić information content (AvgIpc) is 2.16. The van der Waals surface area contributed by atoms with Crippen molar-refractivity contribution in [1.82, 2.24) is 0 Å². The molecular weight excluding hydrogens is 274 g/mol. The Labute approximate surface area is 103 Å². The van der Waals surface area contributed by atoms with Crippen molar-refractivity contribution in [2.24, 2.45) is 0 Å². The third-order valence-corrected chi connectivity index (χ3v) is 2.95. The first kappa shape index (κ1) is 12.6. The van der Waals surface area contributed by atoms with Crippen LogP contribution in [0.2, 0.25) is 0 Å². The van der Waals surface area contributed by atoms with Crippen LogP contribution >= 0.6 is 27.7 Å². The Morgan fingerprint density at radius 3 is 2.67 bits per heavy atom. The minimum absolute atomic E-state index is 0.0410. The maximum Gasteiger partial charge on any atom is 0.240 e. The zero-order valence-corrected chi connectivity index (χ0v) is 11.4. The van der Waals surface area contributed by atoms with Crippen molar-refractivity contribution < 1.29 is 4.79 Å². The van der Waals surface area contributed by atoms with Crippen molar-refractivity contribution in [3.8, 4) is 0 Å². The summed E-state index contributed by atoms with van der Waals surface area (Å²) in [6, 6.07) is 7.79. The van der Waals surface area contributed by atoms with Crippen LogP contribution in [0, 0.1) is 0 Å². The number of anilines is 1. The van der Waals surface area contributed by atoms with Crippen molar-refractivity contribution >= 4 is 39.3 Å². The van der Waals surface area contributed by atoms with Crippen LogP contribution < -0.4 is 5.32 Å². The van der Waals surface area contributed by atoms with Gasteiger partial charge in [0.1, 0.15) is 0 Å². The van der Waals surface area contributed by atoms with Crippen molar-refractivity contribution in [2.75, 3.05) is 11.6 Å². The second kappa shape index (κ2) is 5.03. The van der Waals surface area contributed by atoms with Gasteiger partial charge in [0.2, 0.25) is 5.91 Å². The Bertz CT molecular complexity index is 360. The Balaban J connectivity index is 2.77. The molecule has 1 aromatic rings. The minimum atomic E-state index is -0.539. The zero-order chi connectivity index (χ0) is 11.5. The molecule has 0 bridgehead atoms. The summed E-state index contributed by atoms with van der Waals surface area (Å²) in [6.07, 6.45) is 2.01. The van der Waals surface area contributed by atoms with Gasteiger partial charge in [0.05, 0.1) is 4.32 Å². The summed E-state index contributed by atoms with van der Waals surface area (Å²) in [4.78, 5) is 12.8. The number of alkyl halides is 1. The van der Waals surface area contributed by atoms with Crippen LogP contribution in [0.1, 0.15) is 13.8 Å². The molecule has 0 unspecified atom stereocenters. The average molecular weight is 288 g/mol. The molecular formula is C11H14BrNOS. The number of hydrogen-bond acceptors (Lipinski definition) is 2. The summed E-state index contributed by atoms with van der Waals surface area (Å²) in [5.74, 6) is -0.0410. The molecule has 82 valence electrons. The Kier molecular flexibility index (Phi) is 4.22. The molecule has 0 aromatic heterocycles. The number of nitrogens with one attached hydrogen (secondary N) is 1. The van der Waals surface area contributed by atoms with Crippen LogP contribution in [-0.4, -0.2) is 16.5 Å². The smallest absolute Gasteiger partial charge is 0.240 e. The Morgan fingerprint density at radius 2 is 2.13 bits per heavy atom. The first-order valence-electron chi connectivity index (χ1n) is 4.58. The summed E-state index contributed by atoms with van der Waals surface area (Å²) in [7, 11) is 0. The van der Waals surface area contributed by atoms with E-state index in [1.54, 1.807) is 11.8 Å². The molecule has 0 fully saturated rings. The second-order valence-electron chi connectivity index (χ2n) is 3.66. The van der Waals surface area contributed by atoms with Crippen molar-refractivity contribution in [3.05, 3.63) is 24.3 Å². The molecule has 0 heterocycles. The predicted octanol–water partition coefficient (Wildman–Crippen LogP) is 3.52. The van der Waals surface area contributed by atoms with E-state index in [1.165, 1.54) is 0 Å². The molecule has 1 aromatic carbocycles. The van der Waals surface area contributed by atoms with Crippen molar-refractivity contribution in [1.29, 1.82) is 0 Å². The second-order valence-corrected chi connectivity index (χ2v) is 6.52. The summed E-state index contributed by atoms with van der Waals surface area (Å²) >= 11 is 4.97. The van der Waals surface area contributed by atoms with Gasteiger partial charge in [-0.1, -0.05) is 22.0 Å². The van der Waals surface area contributed by atoms with E-state index < -0.39 is 4.32 Å². The van der Waals surface area contributed by atoms with Gasteiger partial charge in [-0.15, -0.1) is 11.8 Å². The topological polar surface area (TPSA) is 29.1 Å². The highest BCUT2D eigenvalue weighted by Crippen LogP contribution is 2.22. The molecule has 0 spiro atoms. The standard InChI is InChI=1S/C11H14BrNOS/c1-11(2,12)10(14)13-8-5-4-6-9(7-8)15-3/h4-7H,1-3H3,(H,13,14). The summed E-state index contributed by atoms with van der Waals surface area (Å²) in [5.41, 5.74) is 0.833. The third-order valence-electron chi connectivity index (χ3n) is 1.87. The molecule has 1 amide bonds. The lowest BCUT2D eigenvalue weighted by molar-refractivity contribution is -0.117. The minimum Gasteiger partial charge on any atom is -0.325 e. The van der Waals surface area contributed by atoms with Crippen LogP contribution in [0.5, 0.6) is 0 Å². The molecule has 4 heteroatoms. The van der Waals surface area contributed by atoms with Gasteiger partial charge in [0.25, 0.3) is 0 Å². The van der Waals surface area contributed by atoms with Gasteiger partial charge < -0.3 is 5.32 Å². The molecule has 1 N–H and O–H groups in total. The fourth-order valence-corrected chi connectivity index (χ4v) is 1.54. The lowest BCUT2D eigenvalue weighted by Gasteiger charge is -2.16. The molecule has 1 rings (SSSR count). The van der Waals surface area contributed by atoms with Crippen LogP contribution in [-0.2, 0) is 4.79 Å². The molecule has 0 saturated heterocycles. The highest BCUT2D eigenvalue weighted by molar-refractivity contribution is 9.10. The van der Waals surface area contributed by atoms with Gasteiger partial charge in [0.15, 0.2) is 0 Å². The van der Waals surface area contributed by atoms with E-state index in [-0.39, 0.29) is 5.91 Å². The van der Waals surface area contributed by atoms with E-state index in [9.17, 15) is 4.79 Å². The number of thioether (sulfide) groups is 1. The first-order valence-corrected chi connectivity index (χ1v) is 6.59. The SMILES string of the molecule is CSc1cccc(NC(=O)C(C)(C)Br)c1. The Hall–Kier alpha value is -0.480. The maximum absolute atomic E-state index is 11.7. The number of amides is 1. The maximum atomic E-state index is 11.7. The van der Waals surface area contributed by atoms with Crippen LogP contribution in [0.4, 0.5) is 5.69 Å². The van der Waals surface area contributed by atoms with Gasteiger partial charge in [0, 0.05) is 10.6 Å². The van der Waals surface area contributed by atoms with Gasteiger partial charge in [-0.25, -0.2) is 0 Å². The fraction of sp³-hybridized carbons (Fsp3) is 0.364. The number of carbonyl (C=O) groups excluding carboxylic acids is 1. The summed E-state index contributed by atoms with van der Waals surface area (Å²) in [6.45, 7) is 3.64. The van der Waals surface area contributed by atoms with E-state index in [2.05, 4.69) is 21.2 Å². The monoisotopic (exact) mass is 287 g/mol. The molecule has 0 radical (unpaired) electrons. The van der Waals surface area contributed by atoms with Gasteiger partial charge in [-0.05, 0) is 38.3 Å². The molecule has 0 saturated carbocycles. The van der Waals surface area contributed by atoms with Crippen LogP contribution in [0.3, 0.4) is 0 Å². The third kappa shape index (κ3) is 3.87. The molecule has 2 nitrogen and oxygen atoms in total. The van der Waals surface area contributed by atoms with E-state index in [4.69, 9.17) is 0 Å². The van der Waals surface area contributed by atoms with E-state index >= 15 is 0 Å². The van der Waals surface area contributed by atoms with Crippen LogP contribution in [0.25, 0.3) is 0 Å². The number of carbonyl (C=O) groups is 1. The Morgan fingerprint density at radius 1 is 1.47 bits per heavy atom. The number of halogens is 1. The number of benzene rings is 1. The number of rotatable bonds is 3. The lowest BCUT2D eigenvalue weighted by atomic mass is 10.2. The van der Waals surface area contributed by atoms with Gasteiger partial charge >= 0.3 is 0 Å². The van der Waals surface area contributed by atoms with Gasteiger partial charge in [-0.2, -0.15) is 0 Å². The normalized spacial score (nSPS) is 11.2.